The molecule has 2 N–H and O–H groups in total. The van der Waals surface area contributed by atoms with E-state index >= 15 is 0 Å². The number of rotatable bonds is 6. The minimum atomic E-state index is -0.606. The molecule has 0 radical (unpaired) electrons. The number of nitrogens with zero attached hydrogens (tertiary/aromatic N) is 1. The number of benzene rings is 2. The highest BCUT2D eigenvalue weighted by atomic mass is 16.6. The van der Waals surface area contributed by atoms with Gasteiger partial charge in [0.05, 0.1) is 25.1 Å². The topological polar surface area (TPSA) is 106 Å². The molecule has 35 heavy (non-hydrogen) atoms. The van der Waals surface area contributed by atoms with Gasteiger partial charge in [-0.1, -0.05) is 12.1 Å². The van der Waals surface area contributed by atoms with Crippen LogP contribution in [0.5, 0.6) is 5.75 Å². The van der Waals surface area contributed by atoms with Gasteiger partial charge in [-0.15, -0.1) is 0 Å². The highest BCUT2D eigenvalue weighted by Gasteiger charge is 2.27. The second-order valence-corrected chi connectivity index (χ2v) is 9.36. The lowest BCUT2D eigenvalue weighted by molar-refractivity contribution is 0.0152. The van der Waals surface area contributed by atoms with Gasteiger partial charge in [-0.05, 0) is 75.9 Å². The van der Waals surface area contributed by atoms with Crippen LogP contribution in [0.2, 0.25) is 0 Å². The normalized spacial score (nSPS) is 14.1. The zero-order valence-corrected chi connectivity index (χ0v) is 20.6. The Bertz CT molecular complexity index is 1020. The molecule has 0 aliphatic carbocycles. The predicted octanol–water partition coefficient (Wildman–Crippen LogP) is 5.14. The zero-order chi connectivity index (χ0) is 25.4. The van der Waals surface area contributed by atoms with Crippen LogP contribution in [-0.2, 0) is 9.47 Å². The molecule has 1 saturated heterocycles. The number of methoxy groups -OCH3 is 1. The average Bonchev–Trinajstić information content (AvgIpc) is 2.83. The van der Waals surface area contributed by atoms with Crippen molar-refractivity contribution in [2.45, 2.75) is 39.2 Å². The Morgan fingerprint density at radius 1 is 0.943 bits per heavy atom. The number of hydrogen-bond donors (Lipinski definition) is 2. The van der Waals surface area contributed by atoms with Gasteiger partial charge in [0.2, 0.25) is 0 Å². The molecule has 9 heteroatoms. The van der Waals surface area contributed by atoms with Crippen molar-refractivity contribution in [2.75, 3.05) is 37.4 Å². The van der Waals surface area contributed by atoms with Crippen LogP contribution in [0, 0.1) is 5.92 Å². The van der Waals surface area contributed by atoms with Gasteiger partial charge in [0.15, 0.2) is 0 Å². The monoisotopic (exact) mass is 483 g/mol. The number of likely N-dealkylation sites (tertiary alicyclic amines) is 1. The SMILES string of the molecule is COc1ccc(C(=O)Nc2ccccc2NC(=O)OCC2CCN(C(=O)OC(C)(C)C)CC2)cc1. The van der Waals surface area contributed by atoms with Crippen molar-refractivity contribution >= 4 is 29.5 Å². The molecule has 0 bridgehead atoms. The van der Waals surface area contributed by atoms with Crippen LogP contribution in [0.25, 0.3) is 0 Å². The minimum absolute atomic E-state index is 0.157. The van der Waals surface area contributed by atoms with Crippen molar-refractivity contribution in [3.8, 4) is 5.75 Å². The van der Waals surface area contributed by atoms with E-state index in [2.05, 4.69) is 10.6 Å². The van der Waals surface area contributed by atoms with Crippen molar-refractivity contribution in [3.05, 3.63) is 54.1 Å². The van der Waals surface area contributed by atoms with Crippen LogP contribution in [0.1, 0.15) is 44.0 Å². The van der Waals surface area contributed by atoms with Crippen LogP contribution >= 0.6 is 0 Å². The molecule has 0 atom stereocenters. The Kier molecular flexibility index (Phi) is 8.57. The Morgan fingerprint density at radius 2 is 1.54 bits per heavy atom. The van der Waals surface area contributed by atoms with E-state index in [1.54, 1.807) is 60.5 Å². The largest absolute Gasteiger partial charge is 0.497 e. The van der Waals surface area contributed by atoms with Crippen LogP contribution in [0.15, 0.2) is 48.5 Å². The van der Waals surface area contributed by atoms with Crippen LogP contribution < -0.4 is 15.4 Å². The Labute approximate surface area is 205 Å². The molecular weight excluding hydrogens is 450 g/mol. The summed E-state index contributed by atoms with van der Waals surface area (Å²) in [6.45, 7) is 6.89. The molecule has 0 aromatic heterocycles. The van der Waals surface area contributed by atoms with Crippen LogP contribution in [0.4, 0.5) is 21.0 Å². The maximum atomic E-state index is 12.6. The number of hydrogen-bond acceptors (Lipinski definition) is 6. The zero-order valence-electron chi connectivity index (χ0n) is 20.6. The summed E-state index contributed by atoms with van der Waals surface area (Å²) >= 11 is 0. The molecule has 0 spiro atoms. The molecular formula is C26H33N3O6. The van der Waals surface area contributed by atoms with Gasteiger partial charge < -0.3 is 24.4 Å². The molecule has 0 unspecified atom stereocenters. The summed E-state index contributed by atoms with van der Waals surface area (Å²) in [6, 6.07) is 13.6. The molecule has 3 amide bonds. The number of anilines is 2. The van der Waals surface area contributed by atoms with E-state index in [0.29, 0.717) is 35.8 Å². The highest BCUT2D eigenvalue weighted by molar-refractivity contribution is 6.06. The second kappa shape index (κ2) is 11.6. The number of nitrogens with one attached hydrogen (secondary N) is 2. The summed E-state index contributed by atoms with van der Waals surface area (Å²) in [6.07, 6.45) is 0.524. The average molecular weight is 484 g/mol. The predicted molar refractivity (Wildman–Crippen MR) is 133 cm³/mol. The van der Waals surface area contributed by atoms with E-state index in [9.17, 15) is 14.4 Å². The van der Waals surface area contributed by atoms with Crippen LogP contribution in [0.3, 0.4) is 0 Å². The molecule has 9 nitrogen and oxygen atoms in total. The summed E-state index contributed by atoms with van der Waals surface area (Å²) in [5.41, 5.74) is 0.815. The first-order valence-corrected chi connectivity index (χ1v) is 11.6. The smallest absolute Gasteiger partial charge is 0.411 e. The van der Waals surface area contributed by atoms with Crippen LogP contribution in [-0.4, -0.2) is 55.4 Å². The summed E-state index contributed by atoms with van der Waals surface area (Å²) < 4.78 is 15.9. The lowest BCUT2D eigenvalue weighted by atomic mass is 9.98. The Hall–Kier alpha value is -3.75. The minimum Gasteiger partial charge on any atom is -0.497 e. The summed E-state index contributed by atoms with van der Waals surface area (Å²) in [5, 5.41) is 5.50. The van der Waals surface area contributed by atoms with Gasteiger partial charge in [0, 0.05) is 18.7 Å². The quantitative estimate of drug-likeness (QED) is 0.589. The van der Waals surface area contributed by atoms with E-state index < -0.39 is 11.7 Å². The molecule has 188 valence electrons. The maximum Gasteiger partial charge on any atom is 0.411 e. The number of para-hydroxylation sites is 2. The van der Waals surface area contributed by atoms with E-state index in [1.165, 1.54) is 0 Å². The summed E-state index contributed by atoms with van der Waals surface area (Å²) in [7, 11) is 1.56. The van der Waals surface area contributed by atoms with Gasteiger partial charge in [-0.3, -0.25) is 10.1 Å². The molecule has 1 heterocycles. The summed E-state index contributed by atoms with van der Waals surface area (Å²) in [5.74, 6) is 0.498. The van der Waals surface area contributed by atoms with Gasteiger partial charge >= 0.3 is 12.2 Å². The van der Waals surface area contributed by atoms with Crippen molar-refractivity contribution in [1.82, 2.24) is 4.90 Å². The lowest BCUT2D eigenvalue weighted by Gasteiger charge is -2.33. The third kappa shape index (κ3) is 7.91. The molecule has 3 rings (SSSR count). The van der Waals surface area contributed by atoms with Crippen molar-refractivity contribution < 1.29 is 28.6 Å². The molecule has 1 fully saturated rings. The standard InChI is InChI=1S/C26H33N3O6/c1-26(2,3)35-25(32)29-15-13-18(14-16-29)17-34-24(31)28-22-8-6-5-7-21(22)27-23(30)19-9-11-20(33-4)12-10-19/h5-12,18H,13-17H2,1-4H3,(H,27,30)(H,28,31). The molecule has 2 aromatic carbocycles. The number of piperidine rings is 1. The summed E-state index contributed by atoms with van der Waals surface area (Å²) in [4.78, 5) is 38.9. The van der Waals surface area contributed by atoms with Gasteiger partial charge in [0.25, 0.3) is 5.91 Å². The van der Waals surface area contributed by atoms with Crippen molar-refractivity contribution in [2.24, 2.45) is 5.92 Å². The van der Waals surface area contributed by atoms with Crippen molar-refractivity contribution in [3.63, 3.8) is 0 Å². The lowest BCUT2D eigenvalue weighted by Crippen LogP contribution is -2.42. The van der Waals surface area contributed by atoms with Gasteiger partial charge in [0.1, 0.15) is 11.4 Å². The fourth-order valence-corrected chi connectivity index (χ4v) is 3.59. The van der Waals surface area contributed by atoms with E-state index in [-0.39, 0.29) is 24.5 Å². The fraction of sp³-hybridized carbons (Fsp3) is 0.423. The Balaban J connectivity index is 1.48. The maximum absolute atomic E-state index is 12.6. The number of ether oxygens (including phenoxy) is 3. The van der Waals surface area contributed by atoms with Crippen molar-refractivity contribution in [1.29, 1.82) is 0 Å². The molecule has 0 saturated carbocycles. The van der Waals surface area contributed by atoms with E-state index in [1.807, 2.05) is 20.8 Å². The second-order valence-electron chi connectivity index (χ2n) is 9.36. The van der Waals surface area contributed by atoms with E-state index in [4.69, 9.17) is 14.2 Å². The first-order chi connectivity index (χ1) is 16.6. The third-order valence-corrected chi connectivity index (χ3v) is 5.48. The molecule has 1 aliphatic heterocycles. The number of amides is 3. The Morgan fingerprint density at radius 3 is 2.11 bits per heavy atom. The number of carbonyl (C=O) groups is 3. The molecule has 2 aromatic rings. The number of carbonyl (C=O) groups excluding carboxylic acids is 3. The van der Waals surface area contributed by atoms with E-state index in [0.717, 1.165) is 12.8 Å². The highest BCUT2D eigenvalue weighted by Crippen LogP contribution is 2.24. The fourth-order valence-electron chi connectivity index (χ4n) is 3.59. The first kappa shape index (κ1) is 25.9. The van der Waals surface area contributed by atoms with Gasteiger partial charge in [-0.25, -0.2) is 9.59 Å². The first-order valence-electron chi connectivity index (χ1n) is 11.6. The molecule has 1 aliphatic rings. The van der Waals surface area contributed by atoms with Gasteiger partial charge in [-0.2, -0.15) is 0 Å². The third-order valence-electron chi connectivity index (χ3n) is 5.48.